The molecule has 1 aliphatic rings. The third kappa shape index (κ3) is 3.83. The summed E-state index contributed by atoms with van der Waals surface area (Å²) in [5, 5.41) is 8.65. The van der Waals surface area contributed by atoms with Gasteiger partial charge in [0.05, 0.1) is 6.42 Å². The van der Waals surface area contributed by atoms with E-state index in [1.807, 2.05) is 13.8 Å². The van der Waals surface area contributed by atoms with Gasteiger partial charge in [-0.1, -0.05) is 20.8 Å². The predicted octanol–water partition coefficient (Wildman–Crippen LogP) is 1.60. The van der Waals surface area contributed by atoms with Gasteiger partial charge in [-0.3, -0.25) is 9.59 Å². The number of carboxylic acid groups (broad SMARTS) is 1. The lowest BCUT2D eigenvalue weighted by atomic mass is 10.2. The van der Waals surface area contributed by atoms with Crippen LogP contribution in [0.4, 0.5) is 0 Å². The van der Waals surface area contributed by atoms with Crippen molar-refractivity contribution in [1.29, 1.82) is 0 Å². The van der Waals surface area contributed by atoms with E-state index in [0.29, 0.717) is 24.9 Å². The zero-order valence-corrected chi connectivity index (χ0v) is 10.3. The summed E-state index contributed by atoms with van der Waals surface area (Å²) in [6.45, 7) is 7.15. The van der Waals surface area contributed by atoms with Gasteiger partial charge in [0.1, 0.15) is 0 Å². The van der Waals surface area contributed by atoms with E-state index in [9.17, 15) is 9.59 Å². The van der Waals surface area contributed by atoms with Crippen molar-refractivity contribution >= 4 is 11.9 Å². The van der Waals surface area contributed by atoms with Crippen LogP contribution in [0.1, 0.15) is 33.6 Å². The topological polar surface area (TPSA) is 57.6 Å². The van der Waals surface area contributed by atoms with Crippen LogP contribution in [0.5, 0.6) is 0 Å². The van der Waals surface area contributed by atoms with Crippen molar-refractivity contribution in [2.24, 2.45) is 17.8 Å². The molecule has 0 spiro atoms. The quantitative estimate of drug-likeness (QED) is 0.750. The zero-order chi connectivity index (χ0) is 12.3. The molecule has 2 atom stereocenters. The summed E-state index contributed by atoms with van der Waals surface area (Å²) in [4.78, 5) is 24.2. The third-order valence-electron chi connectivity index (χ3n) is 2.92. The van der Waals surface area contributed by atoms with Crippen molar-refractivity contribution in [3.63, 3.8) is 0 Å². The molecule has 0 aromatic rings. The molecule has 1 N–H and O–H groups in total. The summed E-state index contributed by atoms with van der Waals surface area (Å²) in [6, 6.07) is 0. The molecular weight excluding hydrogens is 206 g/mol. The van der Waals surface area contributed by atoms with E-state index < -0.39 is 5.97 Å². The molecule has 1 amide bonds. The van der Waals surface area contributed by atoms with Gasteiger partial charge in [0.2, 0.25) is 5.91 Å². The minimum atomic E-state index is -0.842. The van der Waals surface area contributed by atoms with Gasteiger partial charge in [0, 0.05) is 19.0 Å². The molecule has 0 saturated heterocycles. The zero-order valence-electron chi connectivity index (χ0n) is 10.3. The first-order valence-corrected chi connectivity index (χ1v) is 5.92. The predicted molar refractivity (Wildman–Crippen MR) is 60.9 cm³/mol. The average Bonchev–Trinajstić information content (AvgIpc) is 2.88. The van der Waals surface area contributed by atoms with Crippen LogP contribution in [-0.2, 0) is 9.59 Å². The van der Waals surface area contributed by atoms with Crippen LogP contribution in [0.3, 0.4) is 0 Å². The van der Waals surface area contributed by atoms with Crippen molar-refractivity contribution in [1.82, 2.24) is 4.90 Å². The Bertz CT molecular complexity index is 275. The second-order valence-corrected chi connectivity index (χ2v) is 5.14. The number of rotatable bonds is 6. The molecule has 4 nitrogen and oxygen atoms in total. The van der Waals surface area contributed by atoms with E-state index in [4.69, 9.17) is 5.11 Å². The minimum absolute atomic E-state index is 0.0412. The molecule has 0 radical (unpaired) electrons. The van der Waals surface area contributed by atoms with Crippen LogP contribution in [0, 0.1) is 17.8 Å². The summed E-state index contributed by atoms with van der Waals surface area (Å²) in [5.41, 5.74) is 0. The first-order chi connectivity index (χ1) is 7.41. The molecule has 4 heteroatoms. The molecule has 92 valence electrons. The Labute approximate surface area is 96.6 Å². The Morgan fingerprint density at radius 3 is 2.38 bits per heavy atom. The smallest absolute Gasteiger partial charge is 0.305 e. The van der Waals surface area contributed by atoms with E-state index in [1.54, 1.807) is 4.90 Å². The van der Waals surface area contributed by atoms with E-state index in [0.717, 1.165) is 6.42 Å². The minimum Gasteiger partial charge on any atom is -0.481 e. The Morgan fingerprint density at radius 2 is 2.00 bits per heavy atom. The van der Waals surface area contributed by atoms with Crippen LogP contribution in [0.15, 0.2) is 0 Å². The number of carboxylic acids is 1. The lowest BCUT2D eigenvalue weighted by molar-refractivity contribution is -0.139. The average molecular weight is 227 g/mol. The SMILES string of the molecule is CC(C)CN(CCC(=O)O)C(=O)C1CC1C. The number of hydrogen-bond acceptors (Lipinski definition) is 2. The van der Waals surface area contributed by atoms with Crippen LogP contribution in [-0.4, -0.2) is 35.0 Å². The summed E-state index contributed by atoms with van der Waals surface area (Å²) in [7, 11) is 0. The summed E-state index contributed by atoms with van der Waals surface area (Å²) in [6.07, 6.45) is 1.00. The van der Waals surface area contributed by atoms with E-state index in [2.05, 4.69) is 6.92 Å². The first kappa shape index (κ1) is 13.0. The lowest BCUT2D eigenvalue weighted by Crippen LogP contribution is -2.37. The monoisotopic (exact) mass is 227 g/mol. The normalized spacial score (nSPS) is 23.2. The third-order valence-corrected chi connectivity index (χ3v) is 2.92. The highest BCUT2D eigenvalue weighted by Crippen LogP contribution is 2.39. The molecule has 0 heterocycles. The van der Waals surface area contributed by atoms with Gasteiger partial charge in [0.15, 0.2) is 0 Å². The van der Waals surface area contributed by atoms with Crippen molar-refractivity contribution in [3.05, 3.63) is 0 Å². The fraction of sp³-hybridized carbons (Fsp3) is 0.833. The molecule has 0 aromatic heterocycles. The molecular formula is C12H21NO3. The molecule has 0 bridgehead atoms. The highest BCUT2D eigenvalue weighted by Gasteiger charge is 2.41. The summed E-state index contributed by atoms with van der Waals surface area (Å²) in [5.74, 6) is 0.305. The van der Waals surface area contributed by atoms with Gasteiger partial charge in [-0.25, -0.2) is 0 Å². The number of carbonyl (C=O) groups excluding carboxylic acids is 1. The van der Waals surface area contributed by atoms with Gasteiger partial charge in [-0.15, -0.1) is 0 Å². The van der Waals surface area contributed by atoms with Crippen molar-refractivity contribution in [3.8, 4) is 0 Å². The first-order valence-electron chi connectivity index (χ1n) is 5.92. The largest absolute Gasteiger partial charge is 0.481 e. The molecule has 0 aliphatic heterocycles. The number of aliphatic carboxylic acids is 1. The van der Waals surface area contributed by atoms with Crippen LogP contribution in [0.25, 0.3) is 0 Å². The number of carbonyl (C=O) groups is 2. The summed E-state index contributed by atoms with van der Waals surface area (Å²) >= 11 is 0. The van der Waals surface area contributed by atoms with E-state index in [1.165, 1.54) is 0 Å². The van der Waals surface area contributed by atoms with E-state index in [-0.39, 0.29) is 18.2 Å². The van der Waals surface area contributed by atoms with Gasteiger partial charge >= 0.3 is 5.97 Å². The number of nitrogens with zero attached hydrogens (tertiary/aromatic N) is 1. The van der Waals surface area contributed by atoms with Gasteiger partial charge in [-0.05, 0) is 18.3 Å². The Balaban J connectivity index is 2.48. The highest BCUT2D eigenvalue weighted by atomic mass is 16.4. The van der Waals surface area contributed by atoms with Crippen molar-refractivity contribution < 1.29 is 14.7 Å². The fourth-order valence-electron chi connectivity index (χ4n) is 1.86. The van der Waals surface area contributed by atoms with Gasteiger partial charge in [-0.2, -0.15) is 0 Å². The molecule has 0 aromatic carbocycles. The van der Waals surface area contributed by atoms with Crippen molar-refractivity contribution in [2.45, 2.75) is 33.6 Å². The summed E-state index contributed by atoms with van der Waals surface area (Å²) < 4.78 is 0. The molecule has 2 unspecified atom stereocenters. The molecule has 1 rings (SSSR count). The van der Waals surface area contributed by atoms with E-state index >= 15 is 0 Å². The Kier molecular flexibility index (Phi) is 4.33. The highest BCUT2D eigenvalue weighted by molar-refractivity contribution is 5.82. The standard InChI is InChI=1S/C12H21NO3/c1-8(2)7-13(5-4-11(14)15)12(16)10-6-9(10)3/h8-10H,4-7H2,1-3H3,(H,14,15). The molecule has 1 saturated carbocycles. The Hall–Kier alpha value is -1.06. The maximum atomic E-state index is 12.0. The molecule has 1 fully saturated rings. The van der Waals surface area contributed by atoms with Gasteiger partial charge < -0.3 is 10.0 Å². The maximum absolute atomic E-state index is 12.0. The lowest BCUT2D eigenvalue weighted by Gasteiger charge is -2.24. The molecule has 16 heavy (non-hydrogen) atoms. The van der Waals surface area contributed by atoms with Crippen LogP contribution < -0.4 is 0 Å². The molecule has 1 aliphatic carbocycles. The van der Waals surface area contributed by atoms with Crippen LogP contribution in [0.2, 0.25) is 0 Å². The number of hydrogen-bond donors (Lipinski definition) is 1. The second-order valence-electron chi connectivity index (χ2n) is 5.14. The second kappa shape index (κ2) is 5.32. The maximum Gasteiger partial charge on any atom is 0.305 e. The van der Waals surface area contributed by atoms with Gasteiger partial charge in [0.25, 0.3) is 0 Å². The van der Waals surface area contributed by atoms with Crippen molar-refractivity contribution in [2.75, 3.05) is 13.1 Å². The fourth-order valence-corrected chi connectivity index (χ4v) is 1.86. The number of amides is 1. The van der Waals surface area contributed by atoms with Crippen LogP contribution >= 0.6 is 0 Å². The Morgan fingerprint density at radius 1 is 1.44 bits per heavy atom.